The Morgan fingerprint density at radius 1 is 1.36 bits per heavy atom. The largest absolute Gasteiger partial charge is 0.461 e. The monoisotopic (exact) mass is 372 g/mol. The second-order valence-electron chi connectivity index (χ2n) is 6.62. The summed E-state index contributed by atoms with van der Waals surface area (Å²) in [4.78, 5) is 14.3. The molecule has 1 aliphatic carbocycles. The Morgan fingerprint density at radius 3 is 2.80 bits per heavy atom. The minimum absolute atomic E-state index is 0.201. The summed E-state index contributed by atoms with van der Waals surface area (Å²) in [5, 5.41) is 3.96. The molecular weight excluding hydrogens is 356 g/mol. The van der Waals surface area contributed by atoms with E-state index in [1.807, 2.05) is 25.1 Å². The number of anilines is 1. The van der Waals surface area contributed by atoms with Crippen molar-refractivity contribution >= 4 is 46.6 Å². The summed E-state index contributed by atoms with van der Waals surface area (Å²) in [6, 6.07) is 9.23. The number of halogens is 1. The van der Waals surface area contributed by atoms with Gasteiger partial charge in [0.1, 0.15) is 17.2 Å². The third kappa shape index (κ3) is 2.98. The molecule has 1 aromatic heterocycles. The van der Waals surface area contributed by atoms with E-state index in [0.29, 0.717) is 33.4 Å². The average molecular weight is 373 g/mol. The van der Waals surface area contributed by atoms with Crippen LogP contribution < -0.4 is 10.2 Å². The standard InChI is InChI=1S/C19H17ClN2O2S/c1-10-8-14(10)17-6-4-13(24-17)9-15-18(23)22(19(25)21-15)16-5-3-12(20)7-11(16)2/h3-7,9-10,14H,8H2,1-2H3,(H,21,25)/b15-9-/t10-,14+/m1/s1. The van der Waals surface area contributed by atoms with E-state index < -0.39 is 0 Å². The maximum absolute atomic E-state index is 12.8. The highest BCUT2D eigenvalue weighted by molar-refractivity contribution is 7.80. The number of carbonyl (C=O) groups excluding carboxylic acids is 1. The number of hydrogen-bond donors (Lipinski definition) is 1. The maximum atomic E-state index is 12.8. The summed E-state index contributed by atoms with van der Waals surface area (Å²) in [7, 11) is 0. The van der Waals surface area contributed by atoms with E-state index in [4.69, 9.17) is 28.2 Å². The molecule has 1 aromatic carbocycles. The van der Waals surface area contributed by atoms with Crippen LogP contribution in [0.3, 0.4) is 0 Å². The molecule has 4 rings (SSSR count). The minimum Gasteiger partial charge on any atom is -0.461 e. The van der Waals surface area contributed by atoms with Gasteiger partial charge in [-0.25, -0.2) is 0 Å². The SMILES string of the molecule is Cc1cc(Cl)ccc1N1C(=O)/C(=C/c2ccc([C@H]3C[C@H]3C)o2)NC1=S. The van der Waals surface area contributed by atoms with Crippen LogP contribution >= 0.6 is 23.8 Å². The lowest BCUT2D eigenvalue weighted by Gasteiger charge is -2.16. The molecule has 0 unspecified atom stereocenters. The number of hydrogen-bond acceptors (Lipinski definition) is 3. The third-order valence-electron chi connectivity index (χ3n) is 4.69. The molecule has 4 nitrogen and oxygen atoms in total. The van der Waals surface area contributed by atoms with E-state index in [1.54, 1.807) is 18.2 Å². The van der Waals surface area contributed by atoms with E-state index in [9.17, 15) is 4.79 Å². The van der Waals surface area contributed by atoms with E-state index >= 15 is 0 Å². The van der Waals surface area contributed by atoms with Gasteiger partial charge in [0.2, 0.25) is 0 Å². The van der Waals surface area contributed by atoms with Crippen LogP contribution in [0.1, 0.15) is 36.3 Å². The summed E-state index contributed by atoms with van der Waals surface area (Å²) in [6.45, 7) is 4.10. The number of rotatable bonds is 3. The molecule has 2 fully saturated rings. The number of carbonyl (C=O) groups is 1. The van der Waals surface area contributed by atoms with Gasteiger partial charge in [0, 0.05) is 17.0 Å². The van der Waals surface area contributed by atoms with Crippen molar-refractivity contribution in [2.45, 2.75) is 26.2 Å². The first-order chi connectivity index (χ1) is 11.9. The lowest BCUT2D eigenvalue weighted by molar-refractivity contribution is -0.113. The van der Waals surface area contributed by atoms with E-state index in [0.717, 1.165) is 23.4 Å². The molecule has 2 heterocycles. The quantitative estimate of drug-likeness (QED) is 0.630. The van der Waals surface area contributed by atoms with Gasteiger partial charge in [-0.15, -0.1) is 0 Å². The molecule has 1 saturated heterocycles. The molecule has 0 radical (unpaired) electrons. The van der Waals surface area contributed by atoms with E-state index in [-0.39, 0.29) is 5.91 Å². The van der Waals surface area contributed by atoms with Crippen LogP contribution in [-0.4, -0.2) is 11.0 Å². The Morgan fingerprint density at radius 2 is 2.12 bits per heavy atom. The van der Waals surface area contributed by atoms with Gasteiger partial charge in [0.25, 0.3) is 5.91 Å². The first kappa shape index (κ1) is 16.4. The minimum atomic E-state index is -0.201. The van der Waals surface area contributed by atoms with E-state index in [2.05, 4.69) is 12.2 Å². The molecule has 25 heavy (non-hydrogen) atoms. The fourth-order valence-electron chi connectivity index (χ4n) is 3.13. The highest BCUT2D eigenvalue weighted by Crippen LogP contribution is 2.47. The summed E-state index contributed by atoms with van der Waals surface area (Å²) in [5.41, 5.74) is 2.01. The zero-order chi connectivity index (χ0) is 17.7. The van der Waals surface area contributed by atoms with Crippen molar-refractivity contribution in [2.75, 3.05) is 4.90 Å². The van der Waals surface area contributed by atoms with Crippen molar-refractivity contribution in [3.63, 3.8) is 0 Å². The molecule has 0 spiro atoms. The van der Waals surface area contributed by atoms with Crippen LogP contribution in [-0.2, 0) is 4.79 Å². The topological polar surface area (TPSA) is 45.5 Å². The van der Waals surface area contributed by atoms with Gasteiger partial charge in [-0.3, -0.25) is 9.69 Å². The van der Waals surface area contributed by atoms with Crippen LogP contribution in [0.25, 0.3) is 6.08 Å². The number of nitrogens with one attached hydrogen (secondary N) is 1. The summed E-state index contributed by atoms with van der Waals surface area (Å²) in [6.07, 6.45) is 2.87. The number of aryl methyl sites for hydroxylation is 1. The number of thiocarbonyl (C=S) groups is 1. The van der Waals surface area contributed by atoms with Gasteiger partial charge in [0.15, 0.2) is 5.11 Å². The molecule has 6 heteroatoms. The predicted octanol–water partition coefficient (Wildman–Crippen LogP) is 4.63. The van der Waals surface area contributed by atoms with Crippen molar-refractivity contribution in [3.8, 4) is 0 Å². The number of benzene rings is 1. The number of amides is 1. The fourth-order valence-corrected chi connectivity index (χ4v) is 3.65. The molecular formula is C19H17ClN2O2S. The van der Waals surface area contributed by atoms with Crippen LogP contribution in [0.5, 0.6) is 0 Å². The maximum Gasteiger partial charge on any atom is 0.281 e. The number of nitrogens with zero attached hydrogens (tertiary/aromatic N) is 1. The Balaban J connectivity index is 1.61. The predicted molar refractivity (Wildman–Crippen MR) is 103 cm³/mol. The summed E-state index contributed by atoms with van der Waals surface area (Å²) in [5.74, 6) is 2.62. The Hall–Kier alpha value is -2.11. The zero-order valence-corrected chi connectivity index (χ0v) is 15.4. The molecule has 0 bridgehead atoms. The second kappa shape index (κ2) is 6.00. The van der Waals surface area contributed by atoms with Crippen molar-refractivity contribution in [1.29, 1.82) is 0 Å². The first-order valence-corrected chi connectivity index (χ1v) is 8.95. The Kier molecular flexibility index (Phi) is 3.93. The molecule has 2 atom stereocenters. The fraction of sp³-hybridized carbons (Fsp3) is 0.263. The van der Waals surface area contributed by atoms with Crippen molar-refractivity contribution in [1.82, 2.24) is 5.32 Å². The van der Waals surface area contributed by atoms with E-state index in [1.165, 1.54) is 4.90 Å². The smallest absolute Gasteiger partial charge is 0.281 e. The van der Waals surface area contributed by atoms with Crippen molar-refractivity contribution < 1.29 is 9.21 Å². The van der Waals surface area contributed by atoms with Crippen LogP contribution in [0.4, 0.5) is 5.69 Å². The van der Waals surface area contributed by atoms with Gasteiger partial charge in [-0.05, 0) is 67.4 Å². The highest BCUT2D eigenvalue weighted by atomic mass is 35.5. The van der Waals surface area contributed by atoms with Gasteiger partial charge in [-0.1, -0.05) is 18.5 Å². The van der Waals surface area contributed by atoms with Crippen LogP contribution in [0.15, 0.2) is 40.4 Å². The molecule has 2 aromatic rings. The number of furan rings is 1. The molecule has 1 N–H and O–H groups in total. The molecule has 1 aliphatic heterocycles. The summed E-state index contributed by atoms with van der Waals surface area (Å²) >= 11 is 11.3. The van der Waals surface area contributed by atoms with Gasteiger partial charge in [-0.2, -0.15) is 0 Å². The second-order valence-corrected chi connectivity index (χ2v) is 7.44. The van der Waals surface area contributed by atoms with Crippen molar-refractivity contribution in [2.24, 2.45) is 5.92 Å². The zero-order valence-electron chi connectivity index (χ0n) is 13.9. The van der Waals surface area contributed by atoms with Crippen LogP contribution in [0, 0.1) is 12.8 Å². The lowest BCUT2D eigenvalue weighted by atomic mass is 10.2. The molecule has 1 amide bonds. The van der Waals surface area contributed by atoms with Gasteiger partial charge < -0.3 is 9.73 Å². The Labute approximate surface area is 156 Å². The third-order valence-corrected chi connectivity index (χ3v) is 5.21. The average Bonchev–Trinajstić information content (AvgIpc) is 2.99. The molecule has 128 valence electrons. The summed E-state index contributed by atoms with van der Waals surface area (Å²) < 4.78 is 5.86. The van der Waals surface area contributed by atoms with Gasteiger partial charge in [0.05, 0.1) is 5.69 Å². The van der Waals surface area contributed by atoms with Crippen LogP contribution in [0.2, 0.25) is 5.02 Å². The molecule has 2 aliphatic rings. The lowest BCUT2D eigenvalue weighted by Crippen LogP contribution is -2.30. The first-order valence-electron chi connectivity index (χ1n) is 8.17. The normalized spacial score (nSPS) is 24.1. The van der Waals surface area contributed by atoms with Crippen molar-refractivity contribution in [3.05, 3.63) is 58.1 Å². The highest BCUT2D eigenvalue weighted by Gasteiger charge is 2.37. The van der Waals surface area contributed by atoms with Gasteiger partial charge >= 0.3 is 0 Å². The Bertz CT molecular complexity index is 918. The molecule has 1 saturated carbocycles.